The summed E-state index contributed by atoms with van der Waals surface area (Å²) in [6.45, 7) is 4.91. The van der Waals surface area contributed by atoms with Crippen LogP contribution in [0, 0.1) is 18.8 Å². The van der Waals surface area contributed by atoms with E-state index in [4.69, 9.17) is 4.74 Å². The molecule has 5 heteroatoms. The summed E-state index contributed by atoms with van der Waals surface area (Å²) in [5.41, 5.74) is 2.13. The van der Waals surface area contributed by atoms with Gasteiger partial charge in [-0.1, -0.05) is 17.7 Å². The fraction of sp³-hybridized carbons (Fsp3) is 0.526. The number of aliphatic hydroxyl groups is 1. The van der Waals surface area contributed by atoms with Crippen LogP contribution in [-0.4, -0.2) is 45.9 Å². The predicted octanol–water partition coefficient (Wildman–Crippen LogP) is 2.54. The van der Waals surface area contributed by atoms with Gasteiger partial charge in [-0.05, 0) is 43.7 Å². The molecule has 2 aromatic rings. The minimum atomic E-state index is -0.456. The highest BCUT2D eigenvalue weighted by Crippen LogP contribution is 2.40. The van der Waals surface area contributed by atoms with E-state index in [9.17, 15) is 5.11 Å². The van der Waals surface area contributed by atoms with E-state index in [-0.39, 0.29) is 0 Å². The Morgan fingerprint density at radius 1 is 1.25 bits per heavy atom. The molecule has 2 heterocycles. The smallest absolute Gasteiger partial charge is 0.119 e. The summed E-state index contributed by atoms with van der Waals surface area (Å²) >= 11 is 0. The quantitative estimate of drug-likeness (QED) is 0.886. The van der Waals surface area contributed by atoms with Gasteiger partial charge in [-0.3, -0.25) is 10.00 Å². The van der Waals surface area contributed by atoms with Crippen molar-refractivity contribution < 1.29 is 9.84 Å². The van der Waals surface area contributed by atoms with Crippen molar-refractivity contribution in [1.82, 2.24) is 15.1 Å². The van der Waals surface area contributed by atoms with E-state index in [0.717, 1.165) is 37.2 Å². The fourth-order valence-corrected chi connectivity index (χ4v) is 4.19. The Balaban J connectivity index is 1.28. The second-order valence-electron chi connectivity index (χ2n) is 7.31. The van der Waals surface area contributed by atoms with E-state index in [2.05, 4.69) is 46.3 Å². The van der Waals surface area contributed by atoms with Gasteiger partial charge in [0, 0.05) is 31.4 Å². The van der Waals surface area contributed by atoms with E-state index >= 15 is 0 Å². The number of aromatic nitrogens is 2. The highest BCUT2D eigenvalue weighted by atomic mass is 16.5. The van der Waals surface area contributed by atoms with Crippen molar-refractivity contribution in [2.75, 3.05) is 19.6 Å². The van der Waals surface area contributed by atoms with E-state index in [1.165, 1.54) is 5.56 Å². The number of H-pyrrole nitrogens is 1. The summed E-state index contributed by atoms with van der Waals surface area (Å²) in [5, 5.41) is 16.9. The van der Waals surface area contributed by atoms with Crippen LogP contribution in [0.5, 0.6) is 5.75 Å². The summed E-state index contributed by atoms with van der Waals surface area (Å²) in [6.07, 6.45) is 5.60. The zero-order valence-corrected chi connectivity index (χ0v) is 14.1. The molecule has 1 aliphatic carbocycles. The number of ether oxygens (including phenoxy) is 1. The first-order valence-electron chi connectivity index (χ1n) is 8.80. The molecule has 4 atom stereocenters. The minimum absolute atomic E-state index is 0.337. The van der Waals surface area contributed by atoms with Crippen LogP contribution in [0.15, 0.2) is 36.7 Å². The average molecular weight is 327 g/mol. The molecular weight excluding hydrogens is 302 g/mol. The van der Waals surface area contributed by atoms with Crippen molar-refractivity contribution in [2.45, 2.75) is 32.0 Å². The molecule has 1 unspecified atom stereocenters. The third-order valence-corrected chi connectivity index (χ3v) is 5.44. The Hall–Kier alpha value is -1.85. The molecule has 24 heavy (non-hydrogen) atoms. The van der Waals surface area contributed by atoms with Crippen LogP contribution in [0.1, 0.15) is 30.1 Å². The monoisotopic (exact) mass is 327 g/mol. The second-order valence-corrected chi connectivity index (χ2v) is 7.31. The van der Waals surface area contributed by atoms with Crippen LogP contribution < -0.4 is 4.74 Å². The Labute approximate surface area is 142 Å². The highest BCUT2D eigenvalue weighted by molar-refractivity contribution is 5.26. The van der Waals surface area contributed by atoms with Crippen molar-refractivity contribution in [1.29, 1.82) is 0 Å². The van der Waals surface area contributed by atoms with Crippen LogP contribution in [0.25, 0.3) is 0 Å². The number of hydrogen-bond acceptors (Lipinski definition) is 4. The number of likely N-dealkylation sites (tertiary alicyclic amines) is 1. The third-order valence-electron chi connectivity index (χ3n) is 5.44. The van der Waals surface area contributed by atoms with E-state index in [1.54, 1.807) is 12.4 Å². The van der Waals surface area contributed by atoms with Gasteiger partial charge in [0.1, 0.15) is 5.75 Å². The van der Waals surface area contributed by atoms with Crippen LogP contribution in [0.4, 0.5) is 0 Å². The highest BCUT2D eigenvalue weighted by Gasteiger charge is 2.42. The van der Waals surface area contributed by atoms with Gasteiger partial charge in [0.2, 0.25) is 0 Å². The number of β-amino-alcohol motifs (C(OH)–C–C–N with tert-alkyl or cyclic N) is 1. The van der Waals surface area contributed by atoms with Crippen LogP contribution in [0.3, 0.4) is 0 Å². The summed E-state index contributed by atoms with van der Waals surface area (Å²) in [7, 11) is 0. The number of rotatable bonds is 5. The van der Waals surface area contributed by atoms with Crippen molar-refractivity contribution in [2.24, 2.45) is 11.8 Å². The Bertz CT molecular complexity index is 642. The molecule has 0 spiro atoms. The zero-order chi connectivity index (χ0) is 16.5. The van der Waals surface area contributed by atoms with Gasteiger partial charge < -0.3 is 9.84 Å². The Morgan fingerprint density at radius 3 is 2.58 bits per heavy atom. The first kappa shape index (κ1) is 15.7. The number of fused-ring (bicyclic) bond motifs is 1. The standard InChI is InChI=1S/C19H25N3O2/c1-13-2-4-17(5-3-13)24-18-6-14-10-22(11-15(14)7-18)12-19(23)16-8-20-21-9-16/h2-5,8-9,14-15,18-19,23H,6-7,10-12H2,1H3,(H,20,21)/t14-,15+,18+,19?. The lowest BCUT2D eigenvalue weighted by Crippen LogP contribution is -2.28. The van der Waals surface area contributed by atoms with Crippen molar-refractivity contribution in [3.8, 4) is 5.75 Å². The molecule has 1 saturated heterocycles. The molecule has 0 bridgehead atoms. The first-order chi connectivity index (χ1) is 11.7. The molecular formula is C19H25N3O2. The maximum Gasteiger partial charge on any atom is 0.119 e. The molecule has 2 aliphatic rings. The van der Waals surface area contributed by atoms with Crippen LogP contribution in [0.2, 0.25) is 0 Å². The molecule has 5 nitrogen and oxygen atoms in total. The van der Waals surface area contributed by atoms with Gasteiger partial charge in [0.05, 0.1) is 18.4 Å². The Kier molecular flexibility index (Phi) is 4.29. The molecule has 128 valence electrons. The minimum Gasteiger partial charge on any atom is -0.490 e. The number of nitrogens with zero attached hydrogens (tertiary/aromatic N) is 2. The van der Waals surface area contributed by atoms with Crippen molar-refractivity contribution >= 4 is 0 Å². The number of benzene rings is 1. The largest absolute Gasteiger partial charge is 0.490 e. The molecule has 4 rings (SSSR count). The molecule has 1 aromatic carbocycles. The van der Waals surface area contributed by atoms with Gasteiger partial charge in [-0.15, -0.1) is 0 Å². The summed E-state index contributed by atoms with van der Waals surface area (Å²) in [4.78, 5) is 2.38. The lowest BCUT2D eigenvalue weighted by Gasteiger charge is -2.22. The number of nitrogens with one attached hydrogen (secondary N) is 1. The normalized spacial score (nSPS) is 28.0. The topological polar surface area (TPSA) is 61.4 Å². The summed E-state index contributed by atoms with van der Waals surface area (Å²) < 4.78 is 6.16. The van der Waals surface area contributed by atoms with Crippen molar-refractivity contribution in [3.63, 3.8) is 0 Å². The van der Waals surface area contributed by atoms with Gasteiger partial charge in [-0.2, -0.15) is 5.10 Å². The predicted molar refractivity (Wildman–Crippen MR) is 91.8 cm³/mol. The van der Waals surface area contributed by atoms with Gasteiger partial charge in [0.25, 0.3) is 0 Å². The van der Waals surface area contributed by atoms with E-state index < -0.39 is 6.10 Å². The Morgan fingerprint density at radius 2 is 1.96 bits per heavy atom. The molecule has 0 radical (unpaired) electrons. The van der Waals surface area contributed by atoms with Gasteiger partial charge >= 0.3 is 0 Å². The SMILES string of the molecule is Cc1ccc(O[C@H]2C[C@@H]3CN(CC(O)c4cn[nH]c4)C[C@@H]3C2)cc1. The maximum absolute atomic E-state index is 10.3. The van der Waals surface area contributed by atoms with Crippen LogP contribution in [-0.2, 0) is 0 Å². The molecule has 1 aromatic heterocycles. The molecule has 2 fully saturated rings. The number of aromatic amines is 1. The average Bonchev–Trinajstić information content (AvgIpc) is 3.25. The van der Waals surface area contributed by atoms with Crippen molar-refractivity contribution in [3.05, 3.63) is 47.8 Å². The van der Waals surface area contributed by atoms with Gasteiger partial charge in [-0.25, -0.2) is 0 Å². The fourth-order valence-electron chi connectivity index (χ4n) is 4.19. The lowest BCUT2D eigenvalue weighted by atomic mass is 10.0. The van der Waals surface area contributed by atoms with Crippen LogP contribution >= 0.6 is 0 Å². The number of aliphatic hydroxyl groups excluding tert-OH is 1. The maximum atomic E-state index is 10.3. The second kappa shape index (κ2) is 6.57. The number of hydrogen-bond donors (Lipinski definition) is 2. The zero-order valence-electron chi connectivity index (χ0n) is 14.1. The number of aryl methyl sites for hydroxylation is 1. The molecule has 0 amide bonds. The first-order valence-corrected chi connectivity index (χ1v) is 8.80. The third kappa shape index (κ3) is 3.32. The lowest BCUT2D eigenvalue weighted by molar-refractivity contribution is 0.116. The van der Waals surface area contributed by atoms with Gasteiger partial charge in [0.15, 0.2) is 0 Å². The summed E-state index contributed by atoms with van der Waals surface area (Å²) in [6, 6.07) is 8.34. The van der Waals surface area contributed by atoms with E-state index in [0.29, 0.717) is 24.5 Å². The molecule has 1 aliphatic heterocycles. The van der Waals surface area contributed by atoms with E-state index in [1.807, 2.05) is 0 Å². The summed E-state index contributed by atoms with van der Waals surface area (Å²) in [5.74, 6) is 2.37. The molecule has 1 saturated carbocycles. The molecule has 2 N–H and O–H groups in total.